The first kappa shape index (κ1) is 22.2. The lowest BCUT2D eigenvalue weighted by molar-refractivity contribution is 0.0686. The van der Waals surface area contributed by atoms with Crippen LogP contribution in [0.25, 0.3) is 6.08 Å². The highest BCUT2D eigenvalue weighted by atomic mass is 32.2. The fourth-order valence-corrected chi connectivity index (χ4v) is 4.51. The molecule has 0 saturated carbocycles. The smallest absolute Gasteiger partial charge is 0.253 e. The second-order valence-corrected chi connectivity index (χ2v) is 9.28. The van der Waals surface area contributed by atoms with Gasteiger partial charge in [-0.1, -0.05) is 37.1 Å². The Labute approximate surface area is 179 Å². The van der Waals surface area contributed by atoms with E-state index in [-0.39, 0.29) is 5.91 Å². The zero-order valence-electron chi connectivity index (χ0n) is 17.1. The van der Waals surface area contributed by atoms with Crippen LogP contribution in [-0.2, 0) is 10.0 Å². The van der Waals surface area contributed by atoms with Crippen molar-refractivity contribution in [2.24, 2.45) is 5.92 Å². The molecule has 30 heavy (non-hydrogen) atoms. The van der Waals surface area contributed by atoms with E-state index in [0.717, 1.165) is 56.3 Å². The molecule has 0 atom stereocenters. The lowest BCUT2D eigenvalue weighted by Crippen LogP contribution is -2.38. The summed E-state index contributed by atoms with van der Waals surface area (Å²) in [7, 11) is -3.43. The van der Waals surface area contributed by atoms with Crippen LogP contribution in [0.1, 0.15) is 48.0 Å². The van der Waals surface area contributed by atoms with Gasteiger partial charge in [0.15, 0.2) is 0 Å². The number of hydrogen-bond acceptors (Lipinski definition) is 4. The Morgan fingerprint density at radius 1 is 1.10 bits per heavy atom. The Hall–Kier alpha value is -2.51. The van der Waals surface area contributed by atoms with Crippen LogP contribution in [0.5, 0.6) is 0 Å². The van der Waals surface area contributed by atoms with Crippen LogP contribution in [0.2, 0.25) is 0 Å². The summed E-state index contributed by atoms with van der Waals surface area (Å²) in [6, 6.07) is 13.0. The van der Waals surface area contributed by atoms with Crippen molar-refractivity contribution in [2.45, 2.75) is 32.1 Å². The predicted molar refractivity (Wildman–Crippen MR) is 119 cm³/mol. The summed E-state index contributed by atoms with van der Waals surface area (Å²) in [6.07, 6.45) is 9.69. The monoisotopic (exact) mass is 427 g/mol. The fourth-order valence-electron chi connectivity index (χ4n) is 3.65. The summed E-state index contributed by atoms with van der Waals surface area (Å²) in [5.74, 6) is 0.717. The van der Waals surface area contributed by atoms with E-state index < -0.39 is 10.0 Å². The van der Waals surface area contributed by atoms with Gasteiger partial charge in [-0.15, -0.1) is 0 Å². The molecule has 1 amide bonds. The number of unbranched alkanes of at least 4 members (excludes halogenated alkanes) is 1. The molecule has 1 N–H and O–H groups in total. The molecule has 0 radical (unpaired) electrons. The summed E-state index contributed by atoms with van der Waals surface area (Å²) >= 11 is 0. The molecule has 0 aliphatic carbocycles. The lowest BCUT2D eigenvalue weighted by Gasteiger charge is -2.32. The van der Waals surface area contributed by atoms with Gasteiger partial charge >= 0.3 is 0 Å². The molecule has 6 nitrogen and oxygen atoms in total. The van der Waals surface area contributed by atoms with Crippen molar-refractivity contribution in [3.8, 4) is 0 Å². The van der Waals surface area contributed by atoms with Gasteiger partial charge < -0.3 is 4.90 Å². The quantitative estimate of drug-likeness (QED) is 0.619. The highest BCUT2D eigenvalue weighted by Crippen LogP contribution is 2.23. The maximum absolute atomic E-state index is 12.5. The Morgan fingerprint density at radius 2 is 1.87 bits per heavy atom. The number of carbonyl (C=O) groups excluding carboxylic acids is 1. The van der Waals surface area contributed by atoms with Crippen LogP contribution in [0, 0.1) is 5.92 Å². The summed E-state index contributed by atoms with van der Waals surface area (Å²) < 4.78 is 26.7. The highest BCUT2D eigenvalue weighted by molar-refractivity contribution is 7.92. The van der Waals surface area contributed by atoms with E-state index in [4.69, 9.17) is 0 Å². The van der Waals surface area contributed by atoms with E-state index >= 15 is 0 Å². The first-order chi connectivity index (χ1) is 14.5. The average Bonchev–Trinajstić information content (AvgIpc) is 2.79. The summed E-state index contributed by atoms with van der Waals surface area (Å²) in [5.41, 5.74) is 1.50. The van der Waals surface area contributed by atoms with Crippen molar-refractivity contribution in [1.82, 2.24) is 14.6 Å². The number of likely N-dealkylation sites (tertiary alicyclic amines) is 1. The first-order valence-corrected chi connectivity index (χ1v) is 12.0. The van der Waals surface area contributed by atoms with Gasteiger partial charge in [-0.25, -0.2) is 13.1 Å². The topological polar surface area (TPSA) is 79.4 Å². The number of sulfonamides is 1. The maximum Gasteiger partial charge on any atom is 0.253 e. The van der Waals surface area contributed by atoms with Gasteiger partial charge in [0.1, 0.15) is 0 Å². The van der Waals surface area contributed by atoms with Crippen LogP contribution < -0.4 is 4.72 Å². The van der Waals surface area contributed by atoms with Crippen LogP contribution in [0.4, 0.5) is 0 Å². The number of nitrogens with one attached hydrogen (secondary N) is 1. The summed E-state index contributed by atoms with van der Waals surface area (Å²) in [4.78, 5) is 18.4. The molecule has 1 aliphatic heterocycles. The number of piperidine rings is 1. The summed E-state index contributed by atoms with van der Waals surface area (Å²) in [6.45, 7) is 2.03. The van der Waals surface area contributed by atoms with Crippen molar-refractivity contribution in [1.29, 1.82) is 0 Å². The third-order valence-electron chi connectivity index (χ3n) is 5.39. The number of carbonyl (C=O) groups is 1. The predicted octanol–water partition coefficient (Wildman–Crippen LogP) is 3.69. The van der Waals surface area contributed by atoms with Crippen molar-refractivity contribution in [2.75, 3.05) is 19.6 Å². The van der Waals surface area contributed by atoms with Crippen LogP contribution in [-0.4, -0.2) is 43.8 Å². The minimum Gasteiger partial charge on any atom is -0.339 e. The molecule has 0 unspecified atom stereocenters. The normalized spacial score (nSPS) is 15.5. The van der Waals surface area contributed by atoms with Gasteiger partial charge in [-0.3, -0.25) is 9.78 Å². The molecule has 0 bridgehead atoms. The molecule has 160 valence electrons. The number of benzene rings is 1. The van der Waals surface area contributed by atoms with E-state index in [1.54, 1.807) is 30.6 Å². The standard InChI is InChI=1S/C23H29N3O3S/c27-23(22-9-2-1-3-10-22)26-16-11-20(12-17-26)7-4-5-15-25-30(28,29)18-13-21-8-6-14-24-19-21/h1-3,6,8-10,13-14,18-20,25H,4-5,7,11-12,15-17H2/b18-13+. The molecule has 1 fully saturated rings. The molecule has 1 aromatic carbocycles. The van der Waals surface area contributed by atoms with Gasteiger partial charge in [0.2, 0.25) is 10.0 Å². The lowest BCUT2D eigenvalue weighted by atomic mass is 9.91. The number of aromatic nitrogens is 1. The molecule has 7 heteroatoms. The van der Waals surface area contributed by atoms with Crippen molar-refractivity contribution < 1.29 is 13.2 Å². The van der Waals surface area contributed by atoms with E-state index in [1.165, 1.54) is 5.41 Å². The average molecular weight is 428 g/mol. The van der Waals surface area contributed by atoms with Crippen molar-refractivity contribution in [3.63, 3.8) is 0 Å². The second-order valence-electron chi connectivity index (χ2n) is 7.63. The van der Waals surface area contributed by atoms with E-state index in [0.29, 0.717) is 12.5 Å². The fraction of sp³-hybridized carbons (Fsp3) is 0.391. The molecule has 1 aromatic heterocycles. The number of pyridine rings is 1. The highest BCUT2D eigenvalue weighted by Gasteiger charge is 2.23. The van der Waals surface area contributed by atoms with Crippen LogP contribution >= 0.6 is 0 Å². The van der Waals surface area contributed by atoms with Crippen LogP contribution in [0.15, 0.2) is 60.3 Å². The van der Waals surface area contributed by atoms with Gasteiger partial charge in [0.05, 0.1) is 0 Å². The van der Waals surface area contributed by atoms with E-state index in [1.807, 2.05) is 35.2 Å². The third-order valence-corrected chi connectivity index (χ3v) is 6.49. The first-order valence-electron chi connectivity index (χ1n) is 10.5. The number of rotatable bonds is 9. The van der Waals surface area contributed by atoms with Crippen molar-refractivity contribution in [3.05, 3.63) is 71.4 Å². The zero-order chi connectivity index (χ0) is 21.2. The Morgan fingerprint density at radius 3 is 2.57 bits per heavy atom. The molecule has 2 heterocycles. The van der Waals surface area contributed by atoms with Gasteiger partial charge in [0, 0.05) is 43.0 Å². The number of amides is 1. The zero-order valence-corrected chi connectivity index (χ0v) is 17.9. The molecule has 1 saturated heterocycles. The van der Waals surface area contributed by atoms with Gasteiger partial charge in [-0.2, -0.15) is 0 Å². The SMILES string of the molecule is O=C(c1ccccc1)N1CCC(CCCCNS(=O)(=O)/C=C/c2cccnc2)CC1. The minimum atomic E-state index is -3.43. The van der Waals surface area contributed by atoms with E-state index in [2.05, 4.69) is 9.71 Å². The molecule has 0 spiro atoms. The maximum atomic E-state index is 12.5. The minimum absolute atomic E-state index is 0.114. The van der Waals surface area contributed by atoms with Crippen molar-refractivity contribution >= 4 is 22.0 Å². The van der Waals surface area contributed by atoms with Gasteiger partial charge in [0.25, 0.3) is 5.91 Å². The summed E-state index contributed by atoms with van der Waals surface area (Å²) in [5, 5.41) is 1.18. The number of nitrogens with zero attached hydrogens (tertiary/aromatic N) is 2. The Balaban J connectivity index is 1.31. The molecule has 1 aliphatic rings. The Kier molecular flexibility index (Phi) is 8.16. The van der Waals surface area contributed by atoms with Crippen LogP contribution in [0.3, 0.4) is 0 Å². The molecular weight excluding hydrogens is 398 g/mol. The molecule has 2 aromatic rings. The van der Waals surface area contributed by atoms with E-state index in [9.17, 15) is 13.2 Å². The third kappa shape index (κ3) is 7.07. The largest absolute Gasteiger partial charge is 0.339 e. The molecule has 3 rings (SSSR count). The number of hydrogen-bond donors (Lipinski definition) is 1. The van der Waals surface area contributed by atoms with Gasteiger partial charge in [-0.05, 0) is 55.0 Å². The second kappa shape index (κ2) is 11.0. The Bertz CT molecular complexity index is 923. The molecular formula is C23H29N3O3S.